The molecule has 3 heterocycles. The molecule has 1 spiro atoms. The lowest BCUT2D eigenvalue weighted by Gasteiger charge is -2.43. The van der Waals surface area contributed by atoms with Gasteiger partial charge in [0.25, 0.3) is 0 Å². The molecule has 1 aromatic heterocycles. The minimum atomic E-state index is 0.180. The zero-order chi connectivity index (χ0) is 13.0. The zero-order valence-electron chi connectivity index (χ0n) is 11.3. The summed E-state index contributed by atoms with van der Waals surface area (Å²) in [5, 5.41) is 3.69. The summed E-state index contributed by atoms with van der Waals surface area (Å²) >= 11 is 2.07. The normalized spacial score (nSPS) is 26.4. The molecule has 3 rings (SSSR count). The topological polar surface area (TPSA) is 34.1 Å². The zero-order valence-corrected chi connectivity index (χ0v) is 12.1. The van der Waals surface area contributed by atoms with Crippen LogP contribution in [0, 0.1) is 0 Å². The predicted octanol–water partition coefficient (Wildman–Crippen LogP) is 2.62. The highest BCUT2D eigenvalue weighted by atomic mass is 32.2. The third kappa shape index (κ3) is 3.50. The van der Waals surface area contributed by atoms with Gasteiger partial charge in [-0.1, -0.05) is 0 Å². The van der Waals surface area contributed by atoms with Gasteiger partial charge in [-0.2, -0.15) is 11.8 Å². The first kappa shape index (κ1) is 13.4. The number of hydrogen-bond acceptors (Lipinski definition) is 4. The monoisotopic (exact) mass is 278 g/mol. The van der Waals surface area contributed by atoms with Crippen LogP contribution in [0.1, 0.15) is 31.2 Å². The van der Waals surface area contributed by atoms with Gasteiger partial charge in [0, 0.05) is 31.6 Å². The average molecular weight is 278 g/mol. The Bertz CT molecular complexity index is 387. The molecule has 1 aromatic rings. The maximum Gasteiger partial charge on any atom is 0.0713 e. The Kier molecular flexibility index (Phi) is 4.41. The van der Waals surface area contributed by atoms with Crippen molar-refractivity contribution in [3.8, 4) is 0 Å². The van der Waals surface area contributed by atoms with E-state index in [1.54, 1.807) is 0 Å². The van der Waals surface area contributed by atoms with Crippen molar-refractivity contribution in [2.24, 2.45) is 0 Å². The third-order valence-electron chi connectivity index (χ3n) is 4.24. The fourth-order valence-electron chi connectivity index (χ4n) is 3.06. The molecular formula is C15H22N2OS. The Morgan fingerprint density at radius 3 is 2.89 bits per heavy atom. The minimum Gasteiger partial charge on any atom is -0.375 e. The van der Waals surface area contributed by atoms with Crippen LogP contribution >= 0.6 is 11.8 Å². The highest BCUT2D eigenvalue weighted by Gasteiger charge is 2.38. The predicted molar refractivity (Wildman–Crippen MR) is 79.3 cm³/mol. The summed E-state index contributed by atoms with van der Waals surface area (Å²) in [5.74, 6) is 2.52. The summed E-state index contributed by atoms with van der Waals surface area (Å²) in [6.45, 7) is 1.86. The fraction of sp³-hybridized carbons (Fsp3) is 0.667. The number of thioether (sulfide) groups is 1. The number of nitrogens with one attached hydrogen (secondary N) is 1. The molecule has 104 valence electrons. The molecule has 1 atom stereocenters. The van der Waals surface area contributed by atoms with E-state index in [1.165, 1.54) is 36.3 Å². The summed E-state index contributed by atoms with van der Waals surface area (Å²) in [6.07, 6.45) is 8.50. The molecule has 0 aliphatic carbocycles. The molecule has 0 saturated carbocycles. The van der Waals surface area contributed by atoms with Gasteiger partial charge in [0.2, 0.25) is 0 Å². The van der Waals surface area contributed by atoms with Gasteiger partial charge in [-0.05, 0) is 54.9 Å². The summed E-state index contributed by atoms with van der Waals surface area (Å²) in [7, 11) is 0. The summed E-state index contributed by atoms with van der Waals surface area (Å²) in [6, 6.07) is 4.77. The quantitative estimate of drug-likeness (QED) is 0.921. The summed E-state index contributed by atoms with van der Waals surface area (Å²) in [4.78, 5) is 4.06. The van der Waals surface area contributed by atoms with Gasteiger partial charge in [0.15, 0.2) is 0 Å². The maximum absolute atomic E-state index is 6.13. The van der Waals surface area contributed by atoms with E-state index in [4.69, 9.17) is 4.74 Å². The smallest absolute Gasteiger partial charge is 0.0713 e. The standard InChI is InChI=1S/C15H22N2OS/c1-6-16-7-2-13(1)12-17-14-3-8-18-15(11-14)4-9-19-10-5-15/h1-2,6-7,14,17H,3-5,8-12H2. The van der Waals surface area contributed by atoms with Gasteiger partial charge in [0.1, 0.15) is 0 Å². The van der Waals surface area contributed by atoms with Crippen molar-refractivity contribution in [1.29, 1.82) is 0 Å². The number of ether oxygens (including phenoxy) is 1. The lowest BCUT2D eigenvalue weighted by atomic mass is 9.85. The van der Waals surface area contributed by atoms with Gasteiger partial charge >= 0.3 is 0 Å². The van der Waals surface area contributed by atoms with Crippen LogP contribution in [0.3, 0.4) is 0 Å². The van der Waals surface area contributed by atoms with Gasteiger partial charge < -0.3 is 10.1 Å². The first-order valence-electron chi connectivity index (χ1n) is 7.20. The van der Waals surface area contributed by atoms with Crippen LogP contribution < -0.4 is 5.32 Å². The van der Waals surface area contributed by atoms with Crippen LogP contribution in [0.15, 0.2) is 24.5 Å². The molecule has 2 aliphatic rings. The molecule has 2 aliphatic heterocycles. The molecule has 1 unspecified atom stereocenters. The lowest BCUT2D eigenvalue weighted by molar-refractivity contribution is -0.0933. The van der Waals surface area contributed by atoms with Crippen molar-refractivity contribution in [1.82, 2.24) is 10.3 Å². The number of hydrogen-bond donors (Lipinski definition) is 1. The van der Waals surface area contributed by atoms with Crippen LogP contribution in [0.4, 0.5) is 0 Å². The van der Waals surface area contributed by atoms with Crippen LogP contribution in [0.5, 0.6) is 0 Å². The number of aromatic nitrogens is 1. The second kappa shape index (κ2) is 6.25. The highest BCUT2D eigenvalue weighted by molar-refractivity contribution is 7.99. The average Bonchev–Trinajstić information content (AvgIpc) is 2.47. The van der Waals surface area contributed by atoms with Gasteiger partial charge in [-0.25, -0.2) is 0 Å². The molecular weight excluding hydrogens is 256 g/mol. The van der Waals surface area contributed by atoms with E-state index in [0.29, 0.717) is 6.04 Å². The summed E-state index contributed by atoms with van der Waals surface area (Å²) in [5.41, 5.74) is 1.49. The van der Waals surface area contributed by atoms with E-state index in [2.05, 4.69) is 34.2 Å². The number of rotatable bonds is 3. The first-order valence-corrected chi connectivity index (χ1v) is 8.36. The second-order valence-corrected chi connectivity index (χ2v) is 6.79. The SMILES string of the molecule is c1cc(CNC2CCOC3(CCSCC3)C2)ccn1. The maximum atomic E-state index is 6.13. The number of nitrogens with zero attached hydrogens (tertiary/aromatic N) is 1. The van der Waals surface area contributed by atoms with Crippen LogP contribution in [-0.4, -0.2) is 34.7 Å². The molecule has 0 aromatic carbocycles. The molecule has 4 heteroatoms. The van der Waals surface area contributed by atoms with E-state index in [9.17, 15) is 0 Å². The molecule has 0 bridgehead atoms. The minimum absolute atomic E-state index is 0.180. The molecule has 2 fully saturated rings. The molecule has 19 heavy (non-hydrogen) atoms. The van der Waals surface area contributed by atoms with Gasteiger partial charge in [-0.15, -0.1) is 0 Å². The molecule has 0 amide bonds. The summed E-state index contributed by atoms with van der Waals surface area (Å²) < 4.78 is 6.13. The second-order valence-electron chi connectivity index (χ2n) is 5.57. The largest absolute Gasteiger partial charge is 0.375 e. The molecule has 0 radical (unpaired) electrons. The van der Waals surface area contributed by atoms with E-state index in [0.717, 1.165) is 19.6 Å². The highest BCUT2D eigenvalue weighted by Crippen LogP contribution is 2.37. The first-order chi connectivity index (χ1) is 9.36. The molecule has 3 nitrogen and oxygen atoms in total. The van der Waals surface area contributed by atoms with E-state index >= 15 is 0 Å². The Labute approximate surface area is 119 Å². The van der Waals surface area contributed by atoms with Crippen molar-refractivity contribution >= 4 is 11.8 Å². The molecule has 2 saturated heterocycles. The van der Waals surface area contributed by atoms with E-state index in [1.807, 2.05) is 12.4 Å². The van der Waals surface area contributed by atoms with E-state index < -0.39 is 0 Å². The van der Waals surface area contributed by atoms with Crippen molar-refractivity contribution in [2.45, 2.75) is 43.9 Å². The lowest BCUT2D eigenvalue weighted by Crippen LogP contribution is -2.48. The Morgan fingerprint density at radius 1 is 1.32 bits per heavy atom. The van der Waals surface area contributed by atoms with Crippen LogP contribution in [0.25, 0.3) is 0 Å². The Hall–Kier alpha value is -0.580. The third-order valence-corrected chi connectivity index (χ3v) is 5.23. The number of pyridine rings is 1. The Balaban J connectivity index is 1.53. The molecule has 1 N–H and O–H groups in total. The van der Waals surface area contributed by atoms with Crippen LogP contribution in [-0.2, 0) is 11.3 Å². The van der Waals surface area contributed by atoms with Crippen molar-refractivity contribution in [3.63, 3.8) is 0 Å². The fourth-order valence-corrected chi connectivity index (χ4v) is 4.29. The Morgan fingerprint density at radius 2 is 2.11 bits per heavy atom. The van der Waals surface area contributed by atoms with Gasteiger partial charge in [-0.3, -0.25) is 4.98 Å². The van der Waals surface area contributed by atoms with Crippen molar-refractivity contribution < 1.29 is 4.74 Å². The van der Waals surface area contributed by atoms with Crippen molar-refractivity contribution in [2.75, 3.05) is 18.1 Å². The van der Waals surface area contributed by atoms with Gasteiger partial charge in [0.05, 0.1) is 5.60 Å². The van der Waals surface area contributed by atoms with Crippen LogP contribution in [0.2, 0.25) is 0 Å². The van der Waals surface area contributed by atoms with Crippen molar-refractivity contribution in [3.05, 3.63) is 30.1 Å². The van der Waals surface area contributed by atoms with E-state index in [-0.39, 0.29) is 5.60 Å².